The summed E-state index contributed by atoms with van der Waals surface area (Å²) < 4.78 is 62.8. The largest absolute Gasteiger partial charge is 0.433 e. The Labute approximate surface area is 272 Å². The maximum absolute atomic E-state index is 13.6. The molecule has 10 nitrogen and oxygen atoms in total. The average molecular weight is 722 g/mol. The number of carbonyl (C=O) groups excluding carboxylic acids is 2. The van der Waals surface area contributed by atoms with Gasteiger partial charge in [0.05, 0.1) is 39.4 Å². The van der Waals surface area contributed by atoms with Crippen molar-refractivity contribution in [3.63, 3.8) is 0 Å². The Kier molecular flexibility index (Phi) is 8.42. The molecule has 6 rings (SSSR count). The summed E-state index contributed by atoms with van der Waals surface area (Å²) in [6, 6.07) is 12.3. The van der Waals surface area contributed by atoms with E-state index in [1.165, 1.54) is 6.07 Å². The quantitative estimate of drug-likeness (QED) is 0.174. The van der Waals surface area contributed by atoms with E-state index >= 15 is 0 Å². The third kappa shape index (κ3) is 6.13. The number of aryl methyl sites for hydroxylation is 1. The van der Waals surface area contributed by atoms with E-state index in [2.05, 4.69) is 41.5 Å². The van der Waals surface area contributed by atoms with Crippen LogP contribution in [0.25, 0.3) is 10.9 Å². The van der Waals surface area contributed by atoms with Crippen LogP contribution in [0.1, 0.15) is 49.8 Å². The molecule has 0 bridgehead atoms. The Morgan fingerprint density at radius 3 is 2.41 bits per heavy atom. The van der Waals surface area contributed by atoms with Gasteiger partial charge in [0.15, 0.2) is 0 Å². The molecule has 0 saturated carbocycles. The smallest absolute Gasteiger partial charge is 0.351 e. The third-order valence-electron chi connectivity index (χ3n) is 8.75. The van der Waals surface area contributed by atoms with Gasteiger partial charge in [-0.3, -0.25) is 28.3 Å². The maximum Gasteiger partial charge on any atom is 0.433 e. The zero-order valence-corrected chi connectivity index (χ0v) is 27.4. The number of hydrogen-bond acceptors (Lipinski definition) is 7. The van der Waals surface area contributed by atoms with Crippen molar-refractivity contribution in [2.75, 3.05) is 37.2 Å². The highest BCUT2D eigenvalue weighted by atomic mass is 79.9. The maximum atomic E-state index is 13.6. The molecule has 2 saturated heterocycles. The molecular weight excluding hydrogens is 689 g/mol. The molecule has 4 N–H and O–H groups in total. The van der Waals surface area contributed by atoms with Crippen LogP contribution in [0.15, 0.2) is 53.0 Å². The minimum absolute atomic E-state index is 0.0459. The number of fused-ring (bicyclic) bond motifs is 1. The predicted molar refractivity (Wildman–Crippen MR) is 173 cm³/mol. The number of likely N-dealkylation sites (tertiary alicyclic amines) is 1. The normalized spacial score (nSPS) is 17.7. The summed E-state index contributed by atoms with van der Waals surface area (Å²) in [5.74, 6) is -0.442. The van der Waals surface area contributed by atoms with Gasteiger partial charge in [0.1, 0.15) is 5.69 Å². The molecule has 4 aromatic rings. The molecule has 15 heteroatoms. The van der Waals surface area contributed by atoms with Crippen LogP contribution in [-0.4, -0.2) is 77.3 Å². The van der Waals surface area contributed by atoms with Gasteiger partial charge in [-0.15, -0.1) is 0 Å². The summed E-state index contributed by atoms with van der Waals surface area (Å²) in [7, 11) is -2.46. The van der Waals surface area contributed by atoms with Crippen LogP contribution in [0.3, 0.4) is 0 Å². The van der Waals surface area contributed by atoms with Crippen molar-refractivity contribution in [1.29, 1.82) is 0 Å². The second kappa shape index (κ2) is 11.9. The summed E-state index contributed by atoms with van der Waals surface area (Å²) in [5, 5.41) is 10.5. The van der Waals surface area contributed by atoms with Crippen LogP contribution < -0.4 is 10.6 Å². The molecule has 0 atom stereocenters. The molecule has 0 radical (unpaired) electrons. The standard InChI is InChI=1S/C31H32BrF3N6O4S/c1-18-27(38-29(43)24-14-26(31(33,34)35)37-25-8-7-22(32)13-23(24)25)19(2)41(39-18)15-20-3-5-21(6-4-20)28(42)36-10-11-40-16-30(17-40)9-12-46(30,44)45/h3-8,13-14,44-45H,9-12,15-17H2,1-2H3,(H,36,42)(H,38,43). The lowest BCUT2D eigenvalue weighted by molar-refractivity contribution is -0.141. The lowest BCUT2D eigenvalue weighted by Crippen LogP contribution is -2.69. The van der Waals surface area contributed by atoms with Crippen molar-refractivity contribution in [2.45, 2.75) is 37.7 Å². The molecule has 2 aliphatic rings. The zero-order chi connectivity index (χ0) is 33.0. The first-order valence-corrected chi connectivity index (χ1v) is 17.0. The molecule has 1 spiro atoms. The highest BCUT2D eigenvalue weighted by molar-refractivity contribution is 9.10. The number of aromatic nitrogens is 3. The van der Waals surface area contributed by atoms with Crippen molar-refractivity contribution in [1.82, 2.24) is 25.0 Å². The van der Waals surface area contributed by atoms with Gasteiger partial charge in [-0.2, -0.15) is 28.9 Å². The first-order chi connectivity index (χ1) is 21.7. The lowest BCUT2D eigenvalue weighted by Gasteiger charge is -2.67. The molecule has 2 aromatic carbocycles. The Bertz CT molecular complexity index is 1840. The van der Waals surface area contributed by atoms with Crippen LogP contribution >= 0.6 is 26.5 Å². The molecular formula is C31H32BrF3N6O4S. The lowest BCUT2D eigenvalue weighted by atomic mass is 9.95. The number of rotatable bonds is 8. The van der Waals surface area contributed by atoms with Gasteiger partial charge in [0.25, 0.3) is 11.8 Å². The zero-order valence-electron chi connectivity index (χ0n) is 25.0. The number of anilines is 1. The van der Waals surface area contributed by atoms with E-state index in [4.69, 9.17) is 0 Å². The molecule has 2 aliphatic heterocycles. The van der Waals surface area contributed by atoms with E-state index in [-0.39, 0.29) is 27.1 Å². The van der Waals surface area contributed by atoms with Crippen LogP contribution in [0.4, 0.5) is 18.9 Å². The predicted octanol–water partition coefficient (Wildman–Crippen LogP) is 6.07. The Morgan fingerprint density at radius 1 is 1.07 bits per heavy atom. The molecule has 2 fully saturated rings. The molecule has 2 amide bonds. The fraction of sp³-hybridized carbons (Fsp3) is 0.355. The van der Waals surface area contributed by atoms with E-state index in [0.717, 1.165) is 18.1 Å². The number of carbonyl (C=O) groups is 2. The summed E-state index contributed by atoms with van der Waals surface area (Å²) in [4.78, 5) is 31.9. The van der Waals surface area contributed by atoms with E-state index in [1.54, 1.807) is 42.8 Å². The minimum atomic E-state index is -4.73. The molecule has 0 aliphatic carbocycles. The number of alkyl halides is 3. The van der Waals surface area contributed by atoms with Crippen molar-refractivity contribution < 1.29 is 31.9 Å². The molecule has 0 unspecified atom stereocenters. The Hall–Kier alpha value is -3.50. The van der Waals surface area contributed by atoms with Gasteiger partial charge in [-0.25, -0.2) is 4.98 Å². The first-order valence-electron chi connectivity index (χ1n) is 14.5. The van der Waals surface area contributed by atoms with Gasteiger partial charge in [0.2, 0.25) is 0 Å². The third-order valence-corrected chi connectivity index (χ3v) is 11.9. The van der Waals surface area contributed by atoms with Crippen LogP contribution in [0, 0.1) is 13.8 Å². The van der Waals surface area contributed by atoms with Gasteiger partial charge in [-0.05, 0) is 62.2 Å². The Morgan fingerprint density at radius 2 is 1.78 bits per heavy atom. The highest BCUT2D eigenvalue weighted by Crippen LogP contribution is 2.67. The van der Waals surface area contributed by atoms with E-state index in [0.29, 0.717) is 65.6 Å². The average Bonchev–Trinajstić information content (AvgIpc) is 3.23. The van der Waals surface area contributed by atoms with Gasteiger partial charge >= 0.3 is 6.18 Å². The van der Waals surface area contributed by atoms with Crippen molar-refractivity contribution in [2.24, 2.45) is 0 Å². The van der Waals surface area contributed by atoms with E-state index in [9.17, 15) is 31.9 Å². The molecule has 4 heterocycles. The van der Waals surface area contributed by atoms with E-state index in [1.807, 2.05) is 12.1 Å². The molecule has 46 heavy (non-hydrogen) atoms. The fourth-order valence-electron chi connectivity index (χ4n) is 5.97. The van der Waals surface area contributed by atoms with Crippen molar-refractivity contribution in [3.8, 4) is 0 Å². The highest BCUT2D eigenvalue weighted by Gasteiger charge is 2.58. The molecule has 244 valence electrons. The first kappa shape index (κ1) is 32.4. The number of halogens is 4. The SMILES string of the molecule is Cc1nn(Cc2ccc(C(=O)NCCN3CC4(CCS4(O)O)C3)cc2)c(C)c1NC(=O)c1cc(C(F)(F)F)nc2ccc(Br)cc12. The van der Waals surface area contributed by atoms with Crippen molar-refractivity contribution >= 4 is 54.9 Å². The van der Waals surface area contributed by atoms with Crippen LogP contribution in [0.2, 0.25) is 0 Å². The number of pyridine rings is 1. The number of hydrogen-bond donors (Lipinski definition) is 4. The second-order valence-electron chi connectivity index (χ2n) is 11.8. The van der Waals surface area contributed by atoms with Gasteiger partial charge < -0.3 is 10.6 Å². The van der Waals surface area contributed by atoms with Gasteiger partial charge in [-0.1, -0.05) is 28.1 Å². The molecule has 2 aromatic heterocycles. The summed E-state index contributed by atoms with van der Waals surface area (Å²) in [5.41, 5.74) is 1.57. The second-order valence-corrected chi connectivity index (χ2v) is 15.4. The van der Waals surface area contributed by atoms with Crippen LogP contribution in [0.5, 0.6) is 0 Å². The van der Waals surface area contributed by atoms with Gasteiger partial charge in [0, 0.05) is 47.4 Å². The Balaban J connectivity index is 1.09. The summed E-state index contributed by atoms with van der Waals surface area (Å²) in [6.45, 7) is 6.17. The minimum Gasteiger partial charge on any atom is -0.351 e. The number of nitrogens with zero attached hydrogens (tertiary/aromatic N) is 4. The number of nitrogens with one attached hydrogen (secondary N) is 2. The number of benzene rings is 2. The van der Waals surface area contributed by atoms with E-state index < -0.39 is 28.4 Å². The monoisotopic (exact) mass is 720 g/mol. The van der Waals surface area contributed by atoms with Crippen molar-refractivity contribution in [3.05, 3.63) is 86.8 Å². The summed E-state index contributed by atoms with van der Waals surface area (Å²) >= 11 is 3.31. The topological polar surface area (TPSA) is 133 Å². The number of amides is 2. The summed E-state index contributed by atoms with van der Waals surface area (Å²) in [6.07, 6.45) is -3.89. The fourth-order valence-corrected chi connectivity index (χ4v) is 8.26. The van der Waals surface area contributed by atoms with Crippen LogP contribution in [-0.2, 0) is 12.7 Å².